The van der Waals surface area contributed by atoms with Gasteiger partial charge in [-0.1, -0.05) is 42.9 Å². The molecule has 2 N–H and O–H groups in total. The van der Waals surface area contributed by atoms with E-state index in [1.165, 1.54) is 6.42 Å². The maximum Gasteiger partial charge on any atom is 0.270 e. The summed E-state index contributed by atoms with van der Waals surface area (Å²) in [5.74, 6) is 0.497. The van der Waals surface area contributed by atoms with Gasteiger partial charge >= 0.3 is 0 Å². The average Bonchev–Trinajstić information content (AvgIpc) is 3.17. The van der Waals surface area contributed by atoms with E-state index in [0.29, 0.717) is 6.42 Å². The number of amides is 1. The lowest BCUT2D eigenvalue weighted by molar-refractivity contribution is -0.115. The molecule has 2 heterocycles. The number of hydrogen-bond donors (Lipinski definition) is 2. The number of carbonyl (C=O) groups is 1. The molecule has 1 aromatic heterocycles. The van der Waals surface area contributed by atoms with Gasteiger partial charge in [-0.05, 0) is 31.7 Å². The van der Waals surface area contributed by atoms with Crippen molar-refractivity contribution in [3.05, 3.63) is 29.8 Å². The topological polar surface area (TPSA) is 110 Å². The van der Waals surface area contributed by atoms with Crippen molar-refractivity contribution in [3.63, 3.8) is 0 Å². The van der Waals surface area contributed by atoms with Gasteiger partial charge < -0.3 is 10.1 Å². The minimum atomic E-state index is -3.89. The maximum atomic E-state index is 13.0. The quantitative estimate of drug-likeness (QED) is 0.695. The molecule has 0 radical (unpaired) electrons. The predicted molar refractivity (Wildman–Crippen MR) is 109 cm³/mol. The van der Waals surface area contributed by atoms with E-state index in [-0.39, 0.29) is 27.4 Å². The minimum absolute atomic E-state index is 0.162. The van der Waals surface area contributed by atoms with E-state index in [9.17, 15) is 13.2 Å². The summed E-state index contributed by atoms with van der Waals surface area (Å²) in [4.78, 5) is 11.5. The first kappa shape index (κ1) is 20.2. The summed E-state index contributed by atoms with van der Waals surface area (Å²) >= 11 is 0.845. The smallest absolute Gasteiger partial charge is 0.270 e. The third-order valence-electron chi connectivity index (χ3n) is 5.46. The molecule has 8 nitrogen and oxygen atoms in total. The van der Waals surface area contributed by atoms with Gasteiger partial charge in [-0.15, -0.1) is 10.2 Å². The first-order valence-corrected chi connectivity index (χ1v) is 12.1. The summed E-state index contributed by atoms with van der Waals surface area (Å²) in [7, 11) is -3.89. The summed E-state index contributed by atoms with van der Waals surface area (Å²) in [6.07, 6.45) is 6.05. The molecule has 10 heteroatoms. The fourth-order valence-electron chi connectivity index (χ4n) is 4.04. The monoisotopic (exact) mass is 436 g/mol. The SMILES string of the molecule is CCC(=O)Nc1nnc(S(=O)(=O)N[C@@H]2CC3(CCCCC3)Oc3ccccc32)s1. The van der Waals surface area contributed by atoms with Crippen LogP contribution in [0.3, 0.4) is 0 Å². The number of nitrogens with zero attached hydrogens (tertiary/aromatic N) is 2. The summed E-state index contributed by atoms with van der Waals surface area (Å²) in [5.41, 5.74) is 0.498. The van der Waals surface area contributed by atoms with Crippen LogP contribution in [-0.4, -0.2) is 30.1 Å². The number of fused-ring (bicyclic) bond motifs is 1. The molecular weight excluding hydrogens is 412 g/mol. The van der Waals surface area contributed by atoms with Crippen molar-refractivity contribution in [2.24, 2.45) is 0 Å². The van der Waals surface area contributed by atoms with Crippen molar-refractivity contribution in [2.45, 2.75) is 67.9 Å². The molecule has 1 saturated carbocycles. The molecule has 1 aromatic carbocycles. The number of anilines is 1. The van der Waals surface area contributed by atoms with E-state index in [1.54, 1.807) is 6.92 Å². The van der Waals surface area contributed by atoms with Gasteiger partial charge in [-0.3, -0.25) is 4.79 Å². The minimum Gasteiger partial charge on any atom is -0.487 e. The fourth-order valence-corrected chi connectivity index (χ4v) is 6.19. The third kappa shape index (κ3) is 4.29. The highest BCUT2D eigenvalue weighted by Gasteiger charge is 2.43. The van der Waals surface area contributed by atoms with Crippen molar-refractivity contribution in [2.75, 3.05) is 5.32 Å². The Hall–Kier alpha value is -2.04. The molecule has 1 amide bonds. The molecule has 4 rings (SSSR count). The maximum absolute atomic E-state index is 13.0. The zero-order chi connectivity index (χ0) is 20.5. The van der Waals surface area contributed by atoms with Crippen LogP contribution in [0.2, 0.25) is 0 Å². The van der Waals surface area contributed by atoms with E-state index in [0.717, 1.165) is 48.3 Å². The van der Waals surface area contributed by atoms with Gasteiger partial charge in [-0.2, -0.15) is 0 Å². The lowest BCUT2D eigenvalue weighted by Crippen LogP contribution is -2.46. The zero-order valence-corrected chi connectivity index (χ0v) is 17.8. The second kappa shape index (κ2) is 8.00. The van der Waals surface area contributed by atoms with Crippen molar-refractivity contribution in [3.8, 4) is 5.75 Å². The molecule has 0 saturated heterocycles. The summed E-state index contributed by atoms with van der Waals surface area (Å²) in [6, 6.07) is 7.17. The Morgan fingerprint density at radius 3 is 2.76 bits per heavy atom. The molecule has 1 fully saturated rings. The number of ether oxygens (including phenoxy) is 1. The van der Waals surface area contributed by atoms with Gasteiger partial charge in [0, 0.05) is 18.4 Å². The van der Waals surface area contributed by atoms with Crippen molar-refractivity contribution >= 4 is 32.4 Å². The highest BCUT2D eigenvalue weighted by molar-refractivity contribution is 7.91. The molecule has 1 aliphatic heterocycles. The molecule has 0 bridgehead atoms. The van der Waals surface area contributed by atoms with Crippen molar-refractivity contribution in [1.82, 2.24) is 14.9 Å². The average molecular weight is 437 g/mol. The van der Waals surface area contributed by atoms with Gasteiger partial charge in [0.2, 0.25) is 15.4 Å². The van der Waals surface area contributed by atoms with Crippen LogP contribution in [0.5, 0.6) is 5.75 Å². The molecule has 0 unspecified atom stereocenters. The van der Waals surface area contributed by atoms with Crippen molar-refractivity contribution in [1.29, 1.82) is 0 Å². The van der Waals surface area contributed by atoms with E-state index >= 15 is 0 Å². The number of sulfonamides is 1. The zero-order valence-electron chi connectivity index (χ0n) is 16.2. The Kier molecular flexibility index (Phi) is 5.58. The van der Waals surface area contributed by atoms with Crippen LogP contribution in [-0.2, 0) is 14.8 Å². The van der Waals surface area contributed by atoms with Crippen molar-refractivity contribution < 1.29 is 17.9 Å². The van der Waals surface area contributed by atoms with Gasteiger partial charge in [0.1, 0.15) is 11.4 Å². The van der Waals surface area contributed by atoms with Crippen LogP contribution in [0.1, 0.15) is 63.5 Å². The highest BCUT2D eigenvalue weighted by atomic mass is 32.2. The van der Waals surface area contributed by atoms with E-state index in [4.69, 9.17) is 4.74 Å². The normalized spacial score (nSPS) is 20.7. The number of hydrogen-bond acceptors (Lipinski definition) is 7. The van der Waals surface area contributed by atoms with Crippen LogP contribution in [0, 0.1) is 0 Å². The number of aromatic nitrogens is 2. The van der Waals surface area contributed by atoms with Gasteiger partial charge in [0.25, 0.3) is 10.0 Å². The molecule has 2 aromatic rings. The molecule has 1 aliphatic carbocycles. The number of rotatable bonds is 5. The number of benzene rings is 1. The standard InChI is InChI=1S/C19H24N4O4S2/c1-2-16(24)20-17-21-22-18(28-17)29(25,26)23-14-12-19(10-6-3-7-11-19)27-15-9-5-4-8-13(14)15/h4-5,8-9,14,23H,2-3,6-7,10-12H2,1H3,(H,20,21,24)/t14-/m1/s1. The first-order chi connectivity index (χ1) is 13.9. The Morgan fingerprint density at radius 1 is 1.24 bits per heavy atom. The van der Waals surface area contributed by atoms with Gasteiger partial charge in [0.15, 0.2) is 0 Å². The number of para-hydroxylation sites is 1. The molecule has 156 valence electrons. The number of nitrogens with one attached hydrogen (secondary N) is 2. The van der Waals surface area contributed by atoms with Gasteiger partial charge in [-0.25, -0.2) is 13.1 Å². The molecule has 1 spiro atoms. The van der Waals surface area contributed by atoms with Crippen LogP contribution in [0.15, 0.2) is 28.6 Å². The molecular formula is C19H24N4O4S2. The van der Waals surface area contributed by atoms with E-state index < -0.39 is 16.1 Å². The van der Waals surface area contributed by atoms with Crippen LogP contribution in [0.4, 0.5) is 5.13 Å². The summed E-state index contributed by atoms with van der Waals surface area (Å²) < 4.78 is 35.0. The Balaban J connectivity index is 1.59. The fraction of sp³-hybridized carbons (Fsp3) is 0.526. The molecule has 2 aliphatic rings. The predicted octanol–water partition coefficient (Wildman–Crippen LogP) is 3.39. The summed E-state index contributed by atoms with van der Waals surface area (Å²) in [6.45, 7) is 1.71. The van der Waals surface area contributed by atoms with Crippen LogP contribution >= 0.6 is 11.3 Å². The Bertz CT molecular complexity index is 999. The lowest BCUT2D eigenvalue weighted by Gasteiger charge is -2.44. The summed E-state index contributed by atoms with van der Waals surface area (Å²) in [5, 5.41) is 10.3. The number of carbonyl (C=O) groups excluding carboxylic acids is 1. The second-order valence-corrected chi connectivity index (χ2v) is 10.4. The Morgan fingerprint density at radius 2 is 2.00 bits per heavy atom. The molecule has 29 heavy (non-hydrogen) atoms. The third-order valence-corrected chi connectivity index (χ3v) is 8.14. The molecule has 1 atom stereocenters. The highest BCUT2D eigenvalue weighted by Crippen LogP contribution is 2.46. The van der Waals surface area contributed by atoms with Gasteiger partial charge in [0.05, 0.1) is 6.04 Å². The van der Waals surface area contributed by atoms with Crippen LogP contribution in [0.25, 0.3) is 0 Å². The largest absolute Gasteiger partial charge is 0.487 e. The first-order valence-electron chi connectivity index (χ1n) is 9.84. The second-order valence-electron chi connectivity index (χ2n) is 7.54. The van der Waals surface area contributed by atoms with Crippen LogP contribution < -0.4 is 14.8 Å². The van der Waals surface area contributed by atoms with E-state index in [1.807, 2.05) is 24.3 Å². The Labute approximate surface area is 174 Å². The lowest BCUT2D eigenvalue weighted by atomic mass is 9.77. The van der Waals surface area contributed by atoms with E-state index in [2.05, 4.69) is 20.2 Å².